The van der Waals surface area contributed by atoms with Gasteiger partial charge in [-0.15, -0.1) is 23.7 Å². The molecule has 0 bridgehead atoms. The summed E-state index contributed by atoms with van der Waals surface area (Å²) in [4.78, 5) is 24.4. The Morgan fingerprint density at radius 3 is 2.86 bits per heavy atom. The van der Waals surface area contributed by atoms with E-state index in [1.807, 2.05) is 47.3 Å². The number of hydrogen-bond acceptors (Lipinski definition) is 5. The summed E-state index contributed by atoms with van der Waals surface area (Å²) in [7, 11) is 0. The Morgan fingerprint density at radius 1 is 1.32 bits per heavy atom. The highest BCUT2D eigenvalue weighted by Crippen LogP contribution is 2.36. The molecule has 4 rings (SSSR count). The molecule has 0 spiro atoms. The van der Waals surface area contributed by atoms with Crippen LogP contribution >= 0.6 is 46.7 Å². The van der Waals surface area contributed by atoms with E-state index in [9.17, 15) is 4.79 Å². The smallest absolute Gasteiger partial charge is 0.270 e. The van der Waals surface area contributed by atoms with Gasteiger partial charge >= 0.3 is 0 Å². The predicted molar refractivity (Wildman–Crippen MR) is 119 cm³/mol. The van der Waals surface area contributed by atoms with Crippen LogP contribution in [-0.4, -0.2) is 27.0 Å². The zero-order chi connectivity index (χ0) is 18.8. The first kappa shape index (κ1) is 20.8. The Morgan fingerprint density at radius 2 is 2.18 bits per heavy atom. The molecule has 0 atom stereocenters. The summed E-state index contributed by atoms with van der Waals surface area (Å²) in [5, 5.41) is 3.27. The lowest BCUT2D eigenvalue weighted by atomic mass is 10.2. The third-order valence-corrected chi connectivity index (χ3v) is 6.65. The molecule has 9 heteroatoms. The number of nitrogens with zero attached hydrogens (tertiary/aromatic N) is 4. The Balaban J connectivity index is 0.00000225. The van der Waals surface area contributed by atoms with Gasteiger partial charge in [0.25, 0.3) is 5.91 Å². The molecule has 0 saturated heterocycles. The lowest BCUT2D eigenvalue weighted by Crippen LogP contribution is -2.31. The summed E-state index contributed by atoms with van der Waals surface area (Å²) in [6.07, 6.45) is 6.27. The van der Waals surface area contributed by atoms with Crippen LogP contribution < -0.4 is 4.90 Å². The van der Waals surface area contributed by atoms with Crippen molar-refractivity contribution < 1.29 is 4.79 Å². The molecule has 146 valence electrons. The molecule has 0 fully saturated rings. The summed E-state index contributed by atoms with van der Waals surface area (Å²) in [5.74, 6) is -0.0246. The number of thiophene rings is 1. The number of amides is 1. The summed E-state index contributed by atoms with van der Waals surface area (Å²) >= 11 is 9.27. The summed E-state index contributed by atoms with van der Waals surface area (Å²) < 4.78 is 2.93. The standard InChI is InChI=1S/C19H17ClN4OS2.ClH/c1-13-5-6-14(20)17-16(13)22-19(27-17)24(18(25)15-4-2-11-26-15)9-3-8-23-10-7-21-12-23;/h2,4-7,10-12H,3,8-9H2,1H3;1H. The van der Waals surface area contributed by atoms with Crippen molar-refractivity contribution in [1.82, 2.24) is 14.5 Å². The third kappa shape index (κ3) is 4.22. The van der Waals surface area contributed by atoms with Crippen molar-refractivity contribution in [2.45, 2.75) is 19.9 Å². The lowest BCUT2D eigenvalue weighted by molar-refractivity contribution is 0.0990. The Labute approximate surface area is 182 Å². The number of rotatable bonds is 6. The zero-order valence-corrected chi connectivity index (χ0v) is 18.2. The van der Waals surface area contributed by atoms with Crippen LogP contribution in [0, 0.1) is 6.92 Å². The van der Waals surface area contributed by atoms with Gasteiger partial charge in [-0.25, -0.2) is 9.97 Å². The maximum absolute atomic E-state index is 13.1. The van der Waals surface area contributed by atoms with Gasteiger partial charge in [0.05, 0.1) is 26.4 Å². The fourth-order valence-electron chi connectivity index (χ4n) is 2.85. The van der Waals surface area contributed by atoms with Gasteiger partial charge in [0.1, 0.15) is 0 Å². The van der Waals surface area contributed by atoms with Crippen LogP contribution in [0.4, 0.5) is 5.13 Å². The minimum Gasteiger partial charge on any atom is -0.337 e. The van der Waals surface area contributed by atoms with Crippen LogP contribution in [0.25, 0.3) is 10.2 Å². The average Bonchev–Trinajstić information content (AvgIpc) is 3.42. The molecule has 0 aliphatic carbocycles. The SMILES string of the molecule is Cc1ccc(Cl)c2sc(N(CCCn3ccnc3)C(=O)c3cccs3)nc12.Cl. The highest BCUT2D eigenvalue weighted by atomic mass is 35.5. The van der Waals surface area contributed by atoms with Crippen LogP contribution in [0.2, 0.25) is 5.02 Å². The number of fused-ring (bicyclic) bond motifs is 1. The average molecular weight is 453 g/mol. The van der Waals surface area contributed by atoms with Crippen LogP contribution in [0.3, 0.4) is 0 Å². The number of benzene rings is 1. The second-order valence-corrected chi connectivity index (χ2v) is 8.46. The normalized spacial score (nSPS) is 10.8. The molecule has 3 aromatic heterocycles. The van der Waals surface area contributed by atoms with Crippen molar-refractivity contribution in [3.8, 4) is 0 Å². The summed E-state index contributed by atoms with van der Waals surface area (Å²) in [6, 6.07) is 7.58. The number of halogens is 2. The van der Waals surface area contributed by atoms with Gasteiger partial charge in [-0.1, -0.05) is 35.1 Å². The fraction of sp³-hybridized carbons (Fsp3) is 0.211. The fourth-order valence-corrected chi connectivity index (χ4v) is 4.87. The van der Waals surface area contributed by atoms with Crippen molar-refractivity contribution in [1.29, 1.82) is 0 Å². The topological polar surface area (TPSA) is 51.0 Å². The molecule has 4 aromatic rings. The Bertz CT molecular complexity index is 1020. The largest absolute Gasteiger partial charge is 0.337 e. The van der Waals surface area contributed by atoms with Gasteiger partial charge in [0.15, 0.2) is 5.13 Å². The van der Waals surface area contributed by atoms with Gasteiger partial charge in [0, 0.05) is 25.5 Å². The molecule has 5 nitrogen and oxygen atoms in total. The number of imidazole rings is 1. The van der Waals surface area contributed by atoms with E-state index in [0.29, 0.717) is 21.6 Å². The molecule has 1 aromatic carbocycles. The van der Waals surface area contributed by atoms with Crippen LogP contribution in [0.1, 0.15) is 21.7 Å². The zero-order valence-electron chi connectivity index (χ0n) is 15.0. The molecule has 0 aliphatic rings. The van der Waals surface area contributed by atoms with Gasteiger partial charge in [0.2, 0.25) is 0 Å². The Kier molecular flexibility index (Phi) is 6.72. The third-order valence-electron chi connectivity index (χ3n) is 4.25. The van der Waals surface area contributed by atoms with Crippen LogP contribution in [0.15, 0.2) is 48.4 Å². The number of hydrogen-bond donors (Lipinski definition) is 0. The van der Waals surface area contributed by atoms with E-state index in [1.54, 1.807) is 17.4 Å². The van der Waals surface area contributed by atoms with Crippen LogP contribution in [-0.2, 0) is 6.54 Å². The summed E-state index contributed by atoms with van der Waals surface area (Å²) in [6.45, 7) is 3.37. The lowest BCUT2D eigenvalue weighted by Gasteiger charge is -2.19. The van der Waals surface area contributed by atoms with Crippen molar-refractivity contribution in [3.05, 3.63) is 63.8 Å². The van der Waals surface area contributed by atoms with Gasteiger partial charge in [-0.05, 0) is 36.4 Å². The van der Waals surface area contributed by atoms with E-state index in [1.165, 1.54) is 22.7 Å². The molecule has 0 aliphatic heterocycles. The van der Waals surface area contributed by atoms with Gasteiger partial charge in [-0.2, -0.15) is 0 Å². The molecule has 0 radical (unpaired) electrons. The Hall–Kier alpha value is -1.93. The second kappa shape index (κ2) is 9.05. The molecule has 1 amide bonds. The minimum absolute atomic E-state index is 0. The number of anilines is 1. The molecular weight excluding hydrogens is 435 g/mol. The van der Waals surface area contributed by atoms with Crippen LogP contribution in [0.5, 0.6) is 0 Å². The molecule has 3 heterocycles. The summed E-state index contributed by atoms with van der Waals surface area (Å²) in [5.41, 5.74) is 1.92. The highest BCUT2D eigenvalue weighted by molar-refractivity contribution is 7.23. The van der Waals surface area contributed by atoms with E-state index in [-0.39, 0.29) is 18.3 Å². The molecule has 0 saturated carbocycles. The maximum atomic E-state index is 13.1. The number of carbonyl (C=O) groups excluding carboxylic acids is 1. The van der Waals surface area contributed by atoms with E-state index >= 15 is 0 Å². The van der Waals surface area contributed by atoms with Gasteiger partial charge < -0.3 is 4.57 Å². The highest BCUT2D eigenvalue weighted by Gasteiger charge is 2.22. The number of thiazole rings is 1. The minimum atomic E-state index is -0.0246. The number of carbonyl (C=O) groups is 1. The maximum Gasteiger partial charge on any atom is 0.270 e. The van der Waals surface area contributed by atoms with E-state index < -0.39 is 0 Å². The van der Waals surface area contributed by atoms with Crippen molar-refractivity contribution >= 4 is 67.9 Å². The molecule has 0 unspecified atom stereocenters. The monoisotopic (exact) mass is 452 g/mol. The van der Waals surface area contributed by atoms with E-state index in [4.69, 9.17) is 16.6 Å². The molecule has 28 heavy (non-hydrogen) atoms. The first-order chi connectivity index (χ1) is 13.1. The predicted octanol–water partition coefficient (Wildman–Crippen LogP) is 5.68. The van der Waals surface area contributed by atoms with Crippen molar-refractivity contribution in [2.24, 2.45) is 0 Å². The quantitative estimate of drug-likeness (QED) is 0.378. The number of aromatic nitrogens is 3. The van der Waals surface area contributed by atoms with E-state index in [0.717, 1.165) is 28.7 Å². The van der Waals surface area contributed by atoms with Gasteiger partial charge in [-0.3, -0.25) is 9.69 Å². The van der Waals surface area contributed by atoms with Crippen molar-refractivity contribution in [2.75, 3.05) is 11.4 Å². The molecular formula is C19H18Cl2N4OS2. The number of aryl methyl sites for hydroxylation is 2. The van der Waals surface area contributed by atoms with Crippen molar-refractivity contribution in [3.63, 3.8) is 0 Å². The molecule has 0 N–H and O–H groups in total. The second-order valence-electron chi connectivity index (χ2n) is 6.13. The van der Waals surface area contributed by atoms with E-state index in [2.05, 4.69) is 4.98 Å². The first-order valence-corrected chi connectivity index (χ1v) is 10.6. The first-order valence-electron chi connectivity index (χ1n) is 8.50.